The molecule has 2 aromatic rings. The summed E-state index contributed by atoms with van der Waals surface area (Å²) in [5.41, 5.74) is 0.101. The monoisotopic (exact) mass is 249 g/mol. The van der Waals surface area contributed by atoms with E-state index in [1.165, 1.54) is 24.3 Å². The molecule has 0 amide bonds. The minimum Gasteiger partial charge on any atom is -0.545 e. The van der Waals surface area contributed by atoms with Crippen LogP contribution in [0.2, 0.25) is 0 Å². The minimum atomic E-state index is -1.36. The van der Waals surface area contributed by atoms with E-state index in [9.17, 15) is 18.7 Å². The zero-order valence-electron chi connectivity index (χ0n) is 9.02. The zero-order valence-corrected chi connectivity index (χ0v) is 9.02. The molecule has 1 aromatic carbocycles. The average molecular weight is 249 g/mol. The lowest BCUT2D eigenvalue weighted by molar-refractivity contribution is -0.297. The van der Waals surface area contributed by atoms with Crippen LogP contribution < -0.4 is 5.11 Å². The molecule has 5 heteroatoms. The molecule has 0 atom stereocenters. The number of halogens is 2. The fourth-order valence-corrected chi connectivity index (χ4v) is 1.43. The van der Waals surface area contributed by atoms with E-state index in [1.807, 2.05) is 0 Å². The lowest BCUT2D eigenvalue weighted by Crippen LogP contribution is -2.18. The van der Waals surface area contributed by atoms with Crippen molar-refractivity contribution < 1.29 is 23.1 Å². The van der Waals surface area contributed by atoms with Gasteiger partial charge >= 0.3 is 0 Å². The zero-order chi connectivity index (χ0) is 13.1. The fourth-order valence-electron chi connectivity index (χ4n) is 1.43. The second-order valence-electron chi connectivity index (χ2n) is 3.48. The summed E-state index contributed by atoms with van der Waals surface area (Å²) >= 11 is 0. The largest absolute Gasteiger partial charge is 0.545 e. The van der Waals surface area contributed by atoms with Crippen molar-refractivity contribution in [2.75, 3.05) is 0 Å². The molecule has 0 bridgehead atoms. The molecule has 0 aliphatic carbocycles. The molecule has 0 radical (unpaired) electrons. The molecule has 0 aliphatic heterocycles. The molecule has 18 heavy (non-hydrogen) atoms. The molecule has 0 saturated heterocycles. The number of hydrogen-bond acceptors (Lipinski definition) is 3. The van der Waals surface area contributed by atoms with Crippen molar-refractivity contribution in [1.82, 2.24) is 0 Å². The van der Waals surface area contributed by atoms with Gasteiger partial charge in [-0.3, -0.25) is 0 Å². The number of carboxylic acids is 1. The summed E-state index contributed by atoms with van der Waals surface area (Å²) in [6, 6.07) is 6.03. The molecule has 0 N–H and O–H groups in total. The van der Waals surface area contributed by atoms with E-state index in [-0.39, 0.29) is 17.1 Å². The first-order chi connectivity index (χ1) is 8.56. The van der Waals surface area contributed by atoms with E-state index in [1.54, 1.807) is 0 Å². The highest BCUT2D eigenvalue weighted by molar-refractivity contribution is 5.83. The summed E-state index contributed by atoms with van der Waals surface area (Å²) in [6.45, 7) is 0. The Balaban J connectivity index is 2.32. The number of hydrogen-bond donors (Lipinski definition) is 0. The number of rotatable bonds is 3. The Morgan fingerprint density at radius 1 is 1.22 bits per heavy atom. The third-order valence-electron chi connectivity index (χ3n) is 2.21. The van der Waals surface area contributed by atoms with Crippen molar-refractivity contribution in [2.24, 2.45) is 0 Å². The highest BCUT2D eigenvalue weighted by atomic mass is 19.1. The Kier molecular flexibility index (Phi) is 3.23. The van der Waals surface area contributed by atoms with Gasteiger partial charge in [0.05, 0.1) is 11.5 Å². The van der Waals surface area contributed by atoms with Crippen LogP contribution >= 0.6 is 0 Å². The van der Waals surface area contributed by atoms with Gasteiger partial charge < -0.3 is 14.3 Å². The molecule has 92 valence electrons. The van der Waals surface area contributed by atoms with E-state index >= 15 is 0 Å². The topological polar surface area (TPSA) is 53.3 Å². The van der Waals surface area contributed by atoms with Crippen molar-refractivity contribution >= 4 is 12.0 Å². The molecular formula is C13H7F2O3-. The van der Waals surface area contributed by atoms with Gasteiger partial charge in [0.25, 0.3) is 0 Å². The predicted octanol–water partition coefficient (Wildman–Crippen LogP) is 1.99. The maximum atomic E-state index is 13.4. The quantitative estimate of drug-likeness (QED) is 0.781. The summed E-state index contributed by atoms with van der Waals surface area (Å²) in [5.74, 6) is -2.37. The Morgan fingerprint density at radius 3 is 2.67 bits per heavy atom. The molecule has 3 nitrogen and oxygen atoms in total. The smallest absolute Gasteiger partial charge is 0.137 e. The standard InChI is InChI=1S/C13H8F2O3/c14-8-1-4-10(11(15)7-8)12-5-2-9(18-12)3-6-13(16)17/h1-7H,(H,16,17)/p-1/b6-3+. The van der Waals surface area contributed by atoms with E-state index in [0.29, 0.717) is 0 Å². The average Bonchev–Trinajstić information content (AvgIpc) is 2.75. The maximum Gasteiger partial charge on any atom is 0.137 e. The SMILES string of the molecule is O=C([O-])/C=C/c1ccc(-c2ccc(F)cc2F)o1. The van der Waals surface area contributed by atoms with E-state index in [0.717, 1.165) is 18.2 Å². The van der Waals surface area contributed by atoms with E-state index in [4.69, 9.17) is 4.42 Å². The molecule has 2 rings (SSSR count). The van der Waals surface area contributed by atoms with Gasteiger partial charge in [0.1, 0.15) is 23.2 Å². The summed E-state index contributed by atoms with van der Waals surface area (Å²) in [5, 5.41) is 10.2. The Morgan fingerprint density at radius 2 is 2.00 bits per heavy atom. The number of carbonyl (C=O) groups is 1. The molecule has 0 saturated carbocycles. The van der Waals surface area contributed by atoms with Gasteiger partial charge in [0, 0.05) is 6.07 Å². The van der Waals surface area contributed by atoms with Crippen molar-refractivity contribution in [3.05, 3.63) is 53.8 Å². The third-order valence-corrected chi connectivity index (χ3v) is 2.21. The van der Waals surface area contributed by atoms with Gasteiger partial charge in [-0.25, -0.2) is 8.78 Å². The molecule has 0 spiro atoms. The van der Waals surface area contributed by atoms with Crippen LogP contribution in [0.4, 0.5) is 8.78 Å². The van der Waals surface area contributed by atoms with Crippen molar-refractivity contribution in [3.8, 4) is 11.3 Å². The van der Waals surface area contributed by atoms with Crippen LogP contribution in [-0.2, 0) is 4.79 Å². The second kappa shape index (κ2) is 4.83. The molecule has 0 unspecified atom stereocenters. The number of benzene rings is 1. The van der Waals surface area contributed by atoms with Crippen LogP contribution in [0.25, 0.3) is 17.4 Å². The lowest BCUT2D eigenvalue weighted by atomic mass is 10.1. The van der Waals surface area contributed by atoms with Gasteiger partial charge in [-0.05, 0) is 36.4 Å². The van der Waals surface area contributed by atoms with Gasteiger partial charge in [0.15, 0.2) is 0 Å². The van der Waals surface area contributed by atoms with Crippen LogP contribution in [-0.4, -0.2) is 5.97 Å². The summed E-state index contributed by atoms with van der Waals surface area (Å²) < 4.78 is 31.4. The summed E-state index contributed by atoms with van der Waals surface area (Å²) in [4.78, 5) is 10.2. The highest BCUT2D eigenvalue weighted by Crippen LogP contribution is 2.25. The summed E-state index contributed by atoms with van der Waals surface area (Å²) in [6.07, 6.45) is 1.98. The molecule has 1 aromatic heterocycles. The van der Waals surface area contributed by atoms with Gasteiger partial charge in [-0.15, -0.1) is 0 Å². The molecule has 0 fully saturated rings. The fraction of sp³-hybridized carbons (Fsp3) is 0. The second-order valence-corrected chi connectivity index (χ2v) is 3.48. The number of carboxylic acid groups (broad SMARTS) is 1. The molecule has 1 heterocycles. The van der Waals surface area contributed by atoms with Crippen LogP contribution in [0, 0.1) is 11.6 Å². The van der Waals surface area contributed by atoms with Crippen molar-refractivity contribution in [1.29, 1.82) is 0 Å². The lowest BCUT2D eigenvalue weighted by Gasteiger charge is -1.99. The van der Waals surface area contributed by atoms with Crippen LogP contribution in [0.15, 0.2) is 40.8 Å². The van der Waals surface area contributed by atoms with Crippen LogP contribution in [0.5, 0.6) is 0 Å². The maximum absolute atomic E-state index is 13.4. The van der Waals surface area contributed by atoms with Crippen molar-refractivity contribution in [2.45, 2.75) is 0 Å². The third kappa shape index (κ3) is 2.63. The number of furan rings is 1. The predicted molar refractivity (Wildman–Crippen MR) is 58.1 cm³/mol. The Bertz CT molecular complexity index is 614. The molecule has 0 aliphatic rings. The van der Waals surface area contributed by atoms with Crippen LogP contribution in [0.1, 0.15) is 5.76 Å². The highest BCUT2D eigenvalue weighted by Gasteiger charge is 2.09. The normalized spacial score (nSPS) is 11.0. The number of carbonyl (C=O) groups excluding carboxylic acids is 1. The van der Waals surface area contributed by atoms with E-state index < -0.39 is 17.6 Å². The van der Waals surface area contributed by atoms with E-state index in [2.05, 4.69) is 0 Å². The van der Waals surface area contributed by atoms with Crippen molar-refractivity contribution in [3.63, 3.8) is 0 Å². The van der Waals surface area contributed by atoms with Gasteiger partial charge in [-0.1, -0.05) is 0 Å². The van der Waals surface area contributed by atoms with Gasteiger partial charge in [-0.2, -0.15) is 0 Å². The first-order valence-electron chi connectivity index (χ1n) is 5.00. The van der Waals surface area contributed by atoms with Gasteiger partial charge in [0.2, 0.25) is 0 Å². The first-order valence-corrected chi connectivity index (χ1v) is 5.00. The minimum absolute atomic E-state index is 0.101. The Hall–Kier alpha value is -2.43. The molecular weight excluding hydrogens is 242 g/mol. The first kappa shape index (κ1) is 12.0. The Labute approximate surface area is 101 Å². The summed E-state index contributed by atoms with van der Waals surface area (Å²) in [7, 11) is 0. The van der Waals surface area contributed by atoms with Crippen LogP contribution in [0.3, 0.4) is 0 Å². The number of aliphatic carboxylic acids is 1.